The molecule has 3 aromatic rings. The fourth-order valence-electron chi connectivity index (χ4n) is 3.80. The number of hydrogen-bond acceptors (Lipinski definition) is 4. The lowest BCUT2D eigenvalue weighted by Crippen LogP contribution is -2.38. The minimum Gasteiger partial charge on any atom is -0.496 e. The molecule has 1 aliphatic rings. The third-order valence-electron chi connectivity index (χ3n) is 5.12. The minimum atomic E-state index is -0.279. The Hall–Kier alpha value is -2.73. The first-order valence-corrected chi connectivity index (χ1v) is 9.18. The summed E-state index contributed by atoms with van der Waals surface area (Å²) in [6.07, 6.45) is 1.83. The van der Waals surface area contributed by atoms with Crippen LogP contribution in [-0.4, -0.2) is 40.9 Å². The van der Waals surface area contributed by atoms with Crippen molar-refractivity contribution in [2.45, 2.75) is 19.4 Å². The molecule has 5 nitrogen and oxygen atoms in total. The van der Waals surface area contributed by atoms with Gasteiger partial charge in [-0.1, -0.05) is 12.1 Å². The van der Waals surface area contributed by atoms with E-state index in [0.29, 0.717) is 29.9 Å². The van der Waals surface area contributed by atoms with Crippen LogP contribution in [0, 0.1) is 11.7 Å². The number of imidazole rings is 1. The van der Waals surface area contributed by atoms with Crippen LogP contribution in [0.15, 0.2) is 42.5 Å². The van der Waals surface area contributed by atoms with Crippen LogP contribution in [0.3, 0.4) is 0 Å². The quantitative estimate of drug-likeness (QED) is 0.697. The Bertz CT molecular complexity index is 969. The Morgan fingerprint density at radius 3 is 3.04 bits per heavy atom. The van der Waals surface area contributed by atoms with Crippen molar-refractivity contribution in [3.05, 3.63) is 59.7 Å². The van der Waals surface area contributed by atoms with Crippen LogP contribution < -0.4 is 4.74 Å². The number of carbonyl (C=O) groups is 1. The molecule has 1 fully saturated rings. The van der Waals surface area contributed by atoms with Crippen LogP contribution in [0.25, 0.3) is 11.0 Å². The zero-order chi connectivity index (χ0) is 18.8. The molecule has 4 rings (SSSR count). The molecular formula is C21H22FN3O2. The van der Waals surface area contributed by atoms with E-state index in [1.165, 1.54) is 12.1 Å². The largest absolute Gasteiger partial charge is 0.496 e. The number of methoxy groups -OCH3 is 1. The molecule has 0 radical (unpaired) electrons. The van der Waals surface area contributed by atoms with Crippen molar-refractivity contribution in [1.82, 2.24) is 14.9 Å². The van der Waals surface area contributed by atoms with E-state index in [2.05, 4.69) is 14.9 Å². The van der Waals surface area contributed by atoms with Gasteiger partial charge in [0.2, 0.25) is 0 Å². The van der Waals surface area contributed by atoms with Gasteiger partial charge in [0.1, 0.15) is 17.4 Å². The molecule has 1 aromatic heterocycles. The molecule has 2 aromatic carbocycles. The zero-order valence-electron chi connectivity index (χ0n) is 15.2. The Balaban J connectivity index is 1.48. The Labute approximate surface area is 157 Å². The fourth-order valence-corrected chi connectivity index (χ4v) is 3.80. The molecule has 140 valence electrons. The summed E-state index contributed by atoms with van der Waals surface area (Å²) in [6.45, 7) is 2.22. The van der Waals surface area contributed by atoms with Crippen LogP contribution in [0.5, 0.6) is 5.75 Å². The zero-order valence-corrected chi connectivity index (χ0v) is 15.2. The first-order valence-electron chi connectivity index (χ1n) is 9.18. The SMILES string of the molecule is COc1ccccc1C(=O)[C@@H]1CCCN(Cc2nc3ccc(F)cc3[nH]2)C1. The number of nitrogens with one attached hydrogen (secondary N) is 1. The minimum absolute atomic E-state index is 0.0585. The molecule has 0 bridgehead atoms. The fraction of sp³-hybridized carbons (Fsp3) is 0.333. The van der Waals surface area contributed by atoms with Gasteiger partial charge in [0.05, 0.1) is 30.3 Å². The van der Waals surface area contributed by atoms with E-state index < -0.39 is 0 Å². The first-order chi connectivity index (χ1) is 13.1. The molecule has 1 saturated heterocycles. The average molecular weight is 367 g/mol. The molecule has 6 heteroatoms. The second-order valence-electron chi connectivity index (χ2n) is 6.98. The summed E-state index contributed by atoms with van der Waals surface area (Å²) in [5.41, 5.74) is 2.10. The second-order valence-corrected chi connectivity index (χ2v) is 6.98. The first kappa shape index (κ1) is 17.7. The van der Waals surface area contributed by atoms with Crippen molar-refractivity contribution in [2.75, 3.05) is 20.2 Å². The summed E-state index contributed by atoms with van der Waals surface area (Å²) >= 11 is 0. The predicted octanol–water partition coefficient (Wildman–Crippen LogP) is 3.81. The van der Waals surface area contributed by atoms with Crippen LogP contribution in [0.1, 0.15) is 29.0 Å². The number of fused-ring (bicyclic) bond motifs is 1. The Morgan fingerprint density at radius 1 is 1.33 bits per heavy atom. The lowest BCUT2D eigenvalue weighted by molar-refractivity contribution is 0.0806. The summed E-state index contributed by atoms with van der Waals surface area (Å²) < 4.78 is 18.7. The topological polar surface area (TPSA) is 58.2 Å². The molecule has 2 heterocycles. The number of carbonyl (C=O) groups excluding carboxylic acids is 1. The number of rotatable bonds is 5. The number of nitrogens with zero attached hydrogens (tertiary/aromatic N) is 2. The number of halogens is 1. The van der Waals surface area contributed by atoms with E-state index in [1.807, 2.05) is 24.3 Å². The van der Waals surface area contributed by atoms with E-state index in [1.54, 1.807) is 13.2 Å². The van der Waals surface area contributed by atoms with Gasteiger partial charge in [-0.15, -0.1) is 0 Å². The number of piperidine rings is 1. The van der Waals surface area contributed by atoms with Gasteiger partial charge in [0.25, 0.3) is 0 Å². The number of hydrogen-bond donors (Lipinski definition) is 1. The van der Waals surface area contributed by atoms with E-state index in [0.717, 1.165) is 30.7 Å². The van der Waals surface area contributed by atoms with Crippen molar-refractivity contribution < 1.29 is 13.9 Å². The number of Topliss-reactive ketones (excluding diaryl/α,β-unsaturated/α-hetero) is 1. The summed E-state index contributed by atoms with van der Waals surface area (Å²) in [5, 5.41) is 0. The predicted molar refractivity (Wildman–Crippen MR) is 101 cm³/mol. The number of ketones is 1. The highest BCUT2D eigenvalue weighted by molar-refractivity contribution is 6.00. The van der Waals surface area contributed by atoms with Gasteiger partial charge in [0, 0.05) is 12.5 Å². The number of aromatic amines is 1. The molecule has 0 spiro atoms. The van der Waals surface area contributed by atoms with E-state index in [4.69, 9.17) is 4.74 Å². The molecule has 1 atom stereocenters. The van der Waals surface area contributed by atoms with E-state index in [-0.39, 0.29) is 17.5 Å². The van der Waals surface area contributed by atoms with Gasteiger partial charge in [-0.3, -0.25) is 9.69 Å². The molecule has 0 aliphatic carbocycles. The molecule has 0 amide bonds. The third kappa shape index (κ3) is 3.71. The summed E-state index contributed by atoms with van der Waals surface area (Å²) in [4.78, 5) is 22.9. The van der Waals surface area contributed by atoms with Gasteiger partial charge < -0.3 is 9.72 Å². The van der Waals surface area contributed by atoms with Crippen LogP contribution in [0.2, 0.25) is 0 Å². The smallest absolute Gasteiger partial charge is 0.170 e. The van der Waals surface area contributed by atoms with Gasteiger partial charge in [0.15, 0.2) is 5.78 Å². The number of likely N-dealkylation sites (tertiary alicyclic amines) is 1. The van der Waals surface area contributed by atoms with Crippen LogP contribution >= 0.6 is 0 Å². The summed E-state index contributed by atoms with van der Waals surface area (Å²) in [7, 11) is 1.59. The second kappa shape index (κ2) is 7.48. The average Bonchev–Trinajstić information content (AvgIpc) is 3.08. The molecule has 0 saturated carbocycles. The highest BCUT2D eigenvalue weighted by Crippen LogP contribution is 2.27. The van der Waals surface area contributed by atoms with Crippen molar-refractivity contribution in [1.29, 1.82) is 0 Å². The maximum Gasteiger partial charge on any atom is 0.170 e. The standard InChI is InChI=1S/C21H22FN3O2/c1-27-19-7-3-2-6-16(19)21(26)14-5-4-10-25(12-14)13-20-23-17-9-8-15(22)11-18(17)24-20/h2-3,6-9,11,14H,4-5,10,12-13H2,1H3,(H,23,24)/t14-/m1/s1. The normalized spacial score (nSPS) is 17.9. The van der Waals surface area contributed by atoms with Crippen molar-refractivity contribution in [3.8, 4) is 5.75 Å². The van der Waals surface area contributed by atoms with Crippen molar-refractivity contribution >= 4 is 16.8 Å². The number of aromatic nitrogens is 2. The lowest BCUT2D eigenvalue weighted by atomic mass is 9.89. The van der Waals surface area contributed by atoms with Crippen molar-refractivity contribution in [3.63, 3.8) is 0 Å². The van der Waals surface area contributed by atoms with Crippen LogP contribution in [-0.2, 0) is 6.54 Å². The number of H-pyrrole nitrogens is 1. The highest BCUT2D eigenvalue weighted by atomic mass is 19.1. The monoisotopic (exact) mass is 367 g/mol. The molecule has 27 heavy (non-hydrogen) atoms. The van der Waals surface area contributed by atoms with Crippen molar-refractivity contribution in [2.24, 2.45) is 5.92 Å². The maximum absolute atomic E-state index is 13.4. The van der Waals surface area contributed by atoms with Gasteiger partial charge in [-0.25, -0.2) is 9.37 Å². The van der Waals surface area contributed by atoms with E-state index >= 15 is 0 Å². The Morgan fingerprint density at radius 2 is 2.19 bits per heavy atom. The van der Waals surface area contributed by atoms with Gasteiger partial charge >= 0.3 is 0 Å². The molecular weight excluding hydrogens is 345 g/mol. The van der Waals surface area contributed by atoms with Crippen LogP contribution in [0.4, 0.5) is 4.39 Å². The maximum atomic E-state index is 13.4. The third-order valence-corrected chi connectivity index (χ3v) is 5.12. The molecule has 1 aliphatic heterocycles. The number of para-hydroxylation sites is 1. The highest BCUT2D eigenvalue weighted by Gasteiger charge is 2.28. The Kier molecular flexibility index (Phi) is 4.90. The van der Waals surface area contributed by atoms with E-state index in [9.17, 15) is 9.18 Å². The summed E-state index contributed by atoms with van der Waals surface area (Å²) in [5.74, 6) is 1.21. The summed E-state index contributed by atoms with van der Waals surface area (Å²) in [6, 6.07) is 11.9. The lowest BCUT2D eigenvalue weighted by Gasteiger charge is -2.31. The van der Waals surface area contributed by atoms with Gasteiger partial charge in [-0.2, -0.15) is 0 Å². The van der Waals surface area contributed by atoms with Gasteiger partial charge in [-0.05, 0) is 49.7 Å². The molecule has 1 N–H and O–H groups in total. The number of ether oxygens (including phenoxy) is 1. The molecule has 0 unspecified atom stereocenters. The number of benzene rings is 2.